The number of carbonyl (C=O) groups excluding carboxylic acids is 1. The van der Waals surface area contributed by atoms with Crippen LogP contribution in [0, 0.1) is 33.0 Å². The zero-order valence-corrected chi connectivity index (χ0v) is 23.0. The highest BCUT2D eigenvalue weighted by Gasteiger charge is 2.67. The molecule has 0 aromatic carbocycles. The van der Waals surface area contributed by atoms with E-state index in [4.69, 9.17) is 9.84 Å². The minimum absolute atomic E-state index is 0.0479. The van der Waals surface area contributed by atoms with Crippen LogP contribution >= 0.6 is 0 Å². The number of ether oxygens (including phenoxy) is 1. The van der Waals surface area contributed by atoms with Crippen molar-refractivity contribution in [1.29, 1.82) is 0 Å². The van der Waals surface area contributed by atoms with Crippen molar-refractivity contribution >= 4 is 17.7 Å². The third-order valence-electron chi connectivity index (χ3n) is 11.7. The van der Waals surface area contributed by atoms with Gasteiger partial charge in [0.15, 0.2) is 12.4 Å². The summed E-state index contributed by atoms with van der Waals surface area (Å²) in [5.74, 6) is -1.63. The summed E-state index contributed by atoms with van der Waals surface area (Å²) in [6.45, 7) is 12.7. The average Bonchev–Trinajstić information content (AvgIpc) is 2.82. The van der Waals surface area contributed by atoms with Crippen molar-refractivity contribution in [3.8, 4) is 0 Å². The highest BCUT2D eigenvalue weighted by molar-refractivity contribution is 6.07. The Morgan fingerprint density at radius 1 is 0.973 bits per heavy atom. The molecule has 3 fully saturated rings. The van der Waals surface area contributed by atoms with Gasteiger partial charge in [-0.25, -0.2) is 4.79 Å². The van der Waals surface area contributed by atoms with E-state index >= 15 is 0 Å². The van der Waals surface area contributed by atoms with Gasteiger partial charge in [-0.15, -0.1) is 0 Å². The molecule has 6 atom stereocenters. The van der Waals surface area contributed by atoms with Crippen LogP contribution in [-0.2, 0) is 19.1 Å². The topological polar surface area (TPSA) is 101 Å². The SMILES string of the molecule is CC1=C(OCC(=O)O)C(=O)C=C2C1=CC=C1[C@@]2(C)CC[C@@]2(C)[C@@H]3C[C@](C)(C(=O)O)CC[C@]3(C)CC[C@]12C. The van der Waals surface area contributed by atoms with E-state index in [1.54, 1.807) is 6.08 Å². The second kappa shape index (κ2) is 7.94. The molecular formula is C31H40O6. The van der Waals surface area contributed by atoms with Gasteiger partial charge >= 0.3 is 11.9 Å². The average molecular weight is 509 g/mol. The van der Waals surface area contributed by atoms with Gasteiger partial charge in [-0.05, 0) is 98.2 Å². The molecule has 0 spiro atoms. The fourth-order valence-electron chi connectivity index (χ4n) is 8.96. The molecule has 0 saturated heterocycles. The molecule has 0 heterocycles. The van der Waals surface area contributed by atoms with E-state index < -0.39 is 24.0 Å². The number of hydrogen-bond donors (Lipinski definition) is 2. The maximum atomic E-state index is 13.1. The summed E-state index contributed by atoms with van der Waals surface area (Å²) < 4.78 is 5.39. The summed E-state index contributed by atoms with van der Waals surface area (Å²) >= 11 is 0. The number of carboxylic acids is 2. The molecule has 0 amide bonds. The Bertz CT molecular complexity index is 1230. The van der Waals surface area contributed by atoms with Crippen molar-refractivity contribution < 1.29 is 29.3 Å². The van der Waals surface area contributed by atoms with Crippen LogP contribution in [0.4, 0.5) is 0 Å². The van der Waals surface area contributed by atoms with Crippen LogP contribution in [0.5, 0.6) is 0 Å². The van der Waals surface area contributed by atoms with Crippen molar-refractivity contribution in [3.63, 3.8) is 0 Å². The van der Waals surface area contributed by atoms with E-state index in [-0.39, 0.29) is 33.2 Å². The molecule has 5 aliphatic carbocycles. The molecular weight excluding hydrogens is 468 g/mol. The molecule has 0 radical (unpaired) electrons. The smallest absolute Gasteiger partial charge is 0.341 e. The van der Waals surface area contributed by atoms with Crippen molar-refractivity contribution in [2.24, 2.45) is 33.0 Å². The summed E-state index contributed by atoms with van der Waals surface area (Å²) in [5, 5.41) is 19.1. The van der Waals surface area contributed by atoms with Gasteiger partial charge in [0.25, 0.3) is 0 Å². The van der Waals surface area contributed by atoms with E-state index in [0.29, 0.717) is 17.9 Å². The summed E-state index contributed by atoms with van der Waals surface area (Å²) in [6.07, 6.45) is 12.4. The lowest BCUT2D eigenvalue weighted by atomic mass is 9.34. The summed E-state index contributed by atoms with van der Waals surface area (Å²) in [4.78, 5) is 36.5. The fraction of sp³-hybridized carbons (Fsp3) is 0.645. The van der Waals surface area contributed by atoms with E-state index in [0.717, 1.165) is 49.7 Å². The summed E-state index contributed by atoms with van der Waals surface area (Å²) in [7, 11) is 0. The van der Waals surface area contributed by atoms with Crippen LogP contribution in [-0.4, -0.2) is 34.5 Å². The van der Waals surface area contributed by atoms with Crippen LogP contribution < -0.4 is 0 Å². The Morgan fingerprint density at radius 2 is 1.65 bits per heavy atom. The monoisotopic (exact) mass is 508 g/mol. The number of aliphatic carboxylic acids is 2. The second-order valence-electron chi connectivity index (χ2n) is 13.6. The molecule has 37 heavy (non-hydrogen) atoms. The van der Waals surface area contributed by atoms with E-state index in [2.05, 4.69) is 39.8 Å². The van der Waals surface area contributed by atoms with Crippen LogP contribution in [0.2, 0.25) is 0 Å². The van der Waals surface area contributed by atoms with Gasteiger partial charge in [0.05, 0.1) is 5.41 Å². The molecule has 0 unspecified atom stereocenters. The molecule has 6 nitrogen and oxygen atoms in total. The third-order valence-corrected chi connectivity index (χ3v) is 11.7. The van der Waals surface area contributed by atoms with Gasteiger partial charge in [-0.1, -0.05) is 45.4 Å². The first-order chi connectivity index (χ1) is 17.1. The predicted molar refractivity (Wildman–Crippen MR) is 140 cm³/mol. The Kier molecular flexibility index (Phi) is 5.58. The maximum Gasteiger partial charge on any atom is 0.341 e. The Balaban J connectivity index is 1.59. The molecule has 200 valence electrons. The fourth-order valence-corrected chi connectivity index (χ4v) is 8.96. The summed E-state index contributed by atoms with van der Waals surface area (Å²) in [5.41, 5.74) is 2.98. The van der Waals surface area contributed by atoms with Crippen molar-refractivity contribution in [1.82, 2.24) is 0 Å². The Hall–Kier alpha value is -2.63. The van der Waals surface area contributed by atoms with Crippen LogP contribution in [0.1, 0.15) is 86.5 Å². The van der Waals surface area contributed by atoms with Crippen LogP contribution in [0.25, 0.3) is 0 Å². The zero-order valence-electron chi connectivity index (χ0n) is 23.0. The number of carboxylic acid groups (broad SMARTS) is 2. The Labute approximate surface area is 219 Å². The van der Waals surface area contributed by atoms with Gasteiger partial charge in [-0.2, -0.15) is 0 Å². The third kappa shape index (κ3) is 3.39. The van der Waals surface area contributed by atoms with Gasteiger partial charge < -0.3 is 14.9 Å². The maximum absolute atomic E-state index is 13.1. The molecule has 5 aliphatic rings. The number of allylic oxidation sites excluding steroid dienone is 7. The minimum Gasteiger partial charge on any atom is -0.481 e. The highest BCUT2D eigenvalue weighted by Crippen LogP contribution is 2.75. The van der Waals surface area contributed by atoms with E-state index in [9.17, 15) is 19.5 Å². The van der Waals surface area contributed by atoms with Crippen molar-refractivity contribution in [3.05, 3.63) is 46.3 Å². The van der Waals surface area contributed by atoms with Gasteiger partial charge in [0.2, 0.25) is 5.78 Å². The van der Waals surface area contributed by atoms with Gasteiger partial charge in [0, 0.05) is 11.0 Å². The first kappa shape index (κ1) is 26.0. The quantitative estimate of drug-likeness (QED) is 0.466. The summed E-state index contributed by atoms with van der Waals surface area (Å²) in [6, 6.07) is 0. The zero-order chi connectivity index (χ0) is 27.2. The number of ketones is 1. The molecule has 0 bridgehead atoms. The highest BCUT2D eigenvalue weighted by atomic mass is 16.5. The first-order valence-electron chi connectivity index (χ1n) is 13.6. The predicted octanol–water partition coefficient (Wildman–Crippen LogP) is 6.24. The lowest BCUT2D eigenvalue weighted by Gasteiger charge is -2.70. The molecule has 0 aromatic rings. The lowest BCUT2D eigenvalue weighted by molar-refractivity contribution is -0.178. The number of carbonyl (C=O) groups is 3. The van der Waals surface area contributed by atoms with Crippen molar-refractivity contribution in [2.45, 2.75) is 86.5 Å². The normalized spacial score (nSPS) is 42.8. The molecule has 6 heteroatoms. The second-order valence-corrected chi connectivity index (χ2v) is 13.6. The number of fused-ring (bicyclic) bond motifs is 7. The van der Waals surface area contributed by atoms with Gasteiger partial charge in [-0.3, -0.25) is 9.59 Å². The number of rotatable bonds is 4. The van der Waals surface area contributed by atoms with E-state index in [1.165, 1.54) is 5.57 Å². The Morgan fingerprint density at radius 3 is 2.30 bits per heavy atom. The molecule has 3 saturated carbocycles. The van der Waals surface area contributed by atoms with E-state index in [1.807, 2.05) is 13.8 Å². The molecule has 0 aromatic heterocycles. The standard InChI is InChI=1S/C31H40O6/c1-18-19-7-8-22-29(4,20(19)15-21(32)25(18)37-17-24(33)34)12-14-31(6)23-16-28(3,26(35)36)10-9-27(23,2)11-13-30(22,31)5/h7-8,15,23H,9-14,16-17H2,1-6H3,(H,33,34)(H,35,36)/t23-,27-,28-,29+,30-,31+/m1/s1. The first-order valence-corrected chi connectivity index (χ1v) is 13.6. The molecule has 2 N–H and O–H groups in total. The minimum atomic E-state index is -1.11. The molecule has 0 aliphatic heterocycles. The largest absolute Gasteiger partial charge is 0.481 e. The lowest BCUT2D eigenvalue weighted by Crippen LogP contribution is -2.62. The number of hydrogen-bond acceptors (Lipinski definition) is 4. The van der Waals surface area contributed by atoms with Crippen molar-refractivity contribution in [2.75, 3.05) is 6.61 Å². The van der Waals surface area contributed by atoms with Crippen LogP contribution in [0.15, 0.2) is 46.3 Å². The molecule has 5 rings (SSSR count). The van der Waals surface area contributed by atoms with Crippen LogP contribution in [0.3, 0.4) is 0 Å². The van der Waals surface area contributed by atoms with Gasteiger partial charge in [0.1, 0.15) is 0 Å².